The zero-order valence-electron chi connectivity index (χ0n) is 9.78. The number of hydrogen-bond donors (Lipinski definition) is 1. The van der Waals surface area contributed by atoms with Crippen molar-refractivity contribution in [1.82, 2.24) is 9.97 Å². The maximum absolute atomic E-state index is 5.34. The minimum absolute atomic E-state index is 0.722. The summed E-state index contributed by atoms with van der Waals surface area (Å²) in [6, 6.07) is 2.02. The molecule has 2 rings (SSSR count). The Balaban J connectivity index is 1.75. The lowest BCUT2D eigenvalue weighted by molar-refractivity contribution is 0.185. The number of hydrogen-bond acceptors (Lipinski definition) is 4. The molecule has 0 amide bonds. The van der Waals surface area contributed by atoms with E-state index in [2.05, 4.69) is 22.2 Å². The van der Waals surface area contributed by atoms with Gasteiger partial charge in [-0.05, 0) is 25.2 Å². The highest BCUT2D eigenvalue weighted by molar-refractivity contribution is 5.34. The molecule has 0 aliphatic carbocycles. The number of aryl methyl sites for hydroxylation is 1. The summed E-state index contributed by atoms with van der Waals surface area (Å²) >= 11 is 0. The summed E-state index contributed by atoms with van der Waals surface area (Å²) in [5.74, 6) is 1.66. The predicted molar refractivity (Wildman–Crippen MR) is 63.4 cm³/mol. The van der Waals surface area contributed by atoms with Crippen molar-refractivity contribution in [1.29, 1.82) is 0 Å². The lowest BCUT2D eigenvalue weighted by atomic mass is 10.1. The van der Waals surface area contributed by atoms with Crippen LogP contribution in [0.4, 0.5) is 5.82 Å². The van der Waals surface area contributed by atoms with E-state index in [0.717, 1.165) is 50.0 Å². The smallest absolute Gasteiger partial charge is 0.129 e. The molecule has 1 fully saturated rings. The molecule has 4 heteroatoms. The first-order valence-electron chi connectivity index (χ1n) is 6.01. The van der Waals surface area contributed by atoms with Crippen molar-refractivity contribution in [2.45, 2.75) is 26.2 Å². The topological polar surface area (TPSA) is 47.0 Å². The summed E-state index contributed by atoms with van der Waals surface area (Å²) in [4.78, 5) is 8.37. The first-order valence-corrected chi connectivity index (χ1v) is 6.01. The Bertz CT molecular complexity index is 324. The molecule has 1 aliphatic heterocycles. The molecule has 0 aromatic carbocycles. The van der Waals surface area contributed by atoms with Crippen molar-refractivity contribution < 1.29 is 4.74 Å². The molecule has 2 heterocycles. The molecule has 1 aromatic rings. The SMILES string of the molecule is CCc1cc(NCCC2CCOC2)ncn1. The van der Waals surface area contributed by atoms with E-state index in [1.807, 2.05) is 6.07 Å². The maximum Gasteiger partial charge on any atom is 0.129 e. The first-order chi connectivity index (χ1) is 7.88. The van der Waals surface area contributed by atoms with Crippen molar-refractivity contribution in [3.8, 4) is 0 Å². The summed E-state index contributed by atoms with van der Waals surface area (Å²) in [5, 5.41) is 3.34. The third kappa shape index (κ3) is 3.17. The highest BCUT2D eigenvalue weighted by Gasteiger charge is 2.14. The summed E-state index contributed by atoms with van der Waals surface area (Å²) < 4.78 is 5.34. The summed E-state index contributed by atoms with van der Waals surface area (Å²) in [6.45, 7) is 4.92. The number of nitrogens with one attached hydrogen (secondary N) is 1. The van der Waals surface area contributed by atoms with Gasteiger partial charge in [0.15, 0.2) is 0 Å². The van der Waals surface area contributed by atoms with Crippen molar-refractivity contribution in [3.63, 3.8) is 0 Å². The largest absolute Gasteiger partial charge is 0.381 e. The third-order valence-electron chi connectivity index (χ3n) is 2.97. The third-order valence-corrected chi connectivity index (χ3v) is 2.97. The van der Waals surface area contributed by atoms with Gasteiger partial charge >= 0.3 is 0 Å². The van der Waals surface area contributed by atoms with E-state index in [9.17, 15) is 0 Å². The number of aromatic nitrogens is 2. The standard InChI is InChI=1S/C12H19N3O/c1-2-11-7-12(15-9-14-11)13-5-3-10-4-6-16-8-10/h7,9-10H,2-6,8H2,1H3,(H,13,14,15). The molecule has 0 spiro atoms. The van der Waals surface area contributed by atoms with Crippen molar-refractivity contribution >= 4 is 5.82 Å². The molecular formula is C12H19N3O. The van der Waals surface area contributed by atoms with E-state index in [1.165, 1.54) is 6.42 Å². The van der Waals surface area contributed by atoms with Crippen LogP contribution in [-0.2, 0) is 11.2 Å². The lowest BCUT2D eigenvalue weighted by Gasteiger charge is -2.09. The van der Waals surface area contributed by atoms with Crippen LogP contribution in [0.5, 0.6) is 0 Å². The Kier molecular flexibility index (Phi) is 4.10. The molecule has 1 N–H and O–H groups in total. The number of nitrogens with zero attached hydrogens (tertiary/aromatic N) is 2. The quantitative estimate of drug-likeness (QED) is 0.824. The first kappa shape index (κ1) is 11.3. The van der Waals surface area contributed by atoms with Crippen LogP contribution in [0.25, 0.3) is 0 Å². The van der Waals surface area contributed by atoms with Gasteiger partial charge in [0.2, 0.25) is 0 Å². The van der Waals surface area contributed by atoms with Crippen LogP contribution >= 0.6 is 0 Å². The van der Waals surface area contributed by atoms with Crippen molar-refractivity contribution in [2.24, 2.45) is 5.92 Å². The number of ether oxygens (including phenoxy) is 1. The second-order valence-corrected chi connectivity index (χ2v) is 4.19. The van der Waals surface area contributed by atoms with Crippen molar-refractivity contribution in [3.05, 3.63) is 18.1 Å². The molecule has 16 heavy (non-hydrogen) atoms. The fourth-order valence-electron chi connectivity index (χ4n) is 1.90. The predicted octanol–water partition coefficient (Wildman–Crippen LogP) is 1.88. The normalized spacial score (nSPS) is 19.9. The molecular weight excluding hydrogens is 202 g/mol. The lowest BCUT2D eigenvalue weighted by Crippen LogP contribution is -2.10. The Morgan fingerprint density at radius 2 is 2.44 bits per heavy atom. The minimum Gasteiger partial charge on any atom is -0.381 e. The van der Waals surface area contributed by atoms with Crippen LogP contribution in [0.3, 0.4) is 0 Å². The maximum atomic E-state index is 5.34. The molecule has 0 radical (unpaired) electrons. The van der Waals surface area contributed by atoms with Gasteiger partial charge in [-0.25, -0.2) is 9.97 Å². The van der Waals surface area contributed by atoms with Gasteiger partial charge in [0.25, 0.3) is 0 Å². The molecule has 1 unspecified atom stereocenters. The van der Waals surface area contributed by atoms with E-state index in [-0.39, 0.29) is 0 Å². The Hall–Kier alpha value is -1.16. The van der Waals surface area contributed by atoms with Gasteiger partial charge in [-0.3, -0.25) is 0 Å². The molecule has 4 nitrogen and oxygen atoms in total. The van der Waals surface area contributed by atoms with Gasteiger partial charge in [-0.15, -0.1) is 0 Å². The second-order valence-electron chi connectivity index (χ2n) is 4.19. The molecule has 88 valence electrons. The van der Waals surface area contributed by atoms with Gasteiger partial charge in [-0.2, -0.15) is 0 Å². The van der Waals surface area contributed by atoms with Crippen LogP contribution in [0.2, 0.25) is 0 Å². The van der Waals surface area contributed by atoms with Gasteiger partial charge in [0, 0.05) is 31.5 Å². The monoisotopic (exact) mass is 221 g/mol. The zero-order chi connectivity index (χ0) is 11.2. The van der Waals surface area contributed by atoms with Gasteiger partial charge < -0.3 is 10.1 Å². The van der Waals surface area contributed by atoms with E-state index >= 15 is 0 Å². The van der Waals surface area contributed by atoms with Crippen LogP contribution < -0.4 is 5.32 Å². The van der Waals surface area contributed by atoms with Crippen LogP contribution in [-0.4, -0.2) is 29.7 Å². The van der Waals surface area contributed by atoms with Crippen LogP contribution in [0.1, 0.15) is 25.5 Å². The van der Waals surface area contributed by atoms with Crippen LogP contribution in [0, 0.1) is 5.92 Å². The van der Waals surface area contributed by atoms with Gasteiger partial charge in [0.1, 0.15) is 12.1 Å². The summed E-state index contributed by atoms with van der Waals surface area (Å²) in [6.07, 6.45) is 4.94. The molecule has 1 aliphatic rings. The molecule has 1 atom stereocenters. The second kappa shape index (κ2) is 5.80. The highest BCUT2D eigenvalue weighted by Crippen LogP contribution is 2.16. The van der Waals surface area contributed by atoms with Crippen molar-refractivity contribution in [2.75, 3.05) is 25.1 Å². The minimum atomic E-state index is 0.722. The molecule has 1 saturated heterocycles. The average Bonchev–Trinajstić information content (AvgIpc) is 2.82. The Morgan fingerprint density at radius 1 is 1.50 bits per heavy atom. The van der Waals surface area contributed by atoms with Crippen LogP contribution in [0.15, 0.2) is 12.4 Å². The van der Waals surface area contributed by atoms with E-state index in [0.29, 0.717) is 0 Å². The fourth-order valence-corrected chi connectivity index (χ4v) is 1.90. The Morgan fingerprint density at radius 3 is 3.19 bits per heavy atom. The molecule has 0 saturated carbocycles. The van der Waals surface area contributed by atoms with E-state index in [1.54, 1.807) is 6.33 Å². The fraction of sp³-hybridized carbons (Fsp3) is 0.667. The van der Waals surface area contributed by atoms with Gasteiger partial charge in [0.05, 0.1) is 0 Å². The summed E-state index contributed by atoms with van der Waals surface area (Å²) in [5.41, 5.74) is 1.08. The number of rotatable bonds is 5. The molecule has 0 bridgehead atoms. The molecule has 1 aromatic heterocycles. The average molecular weight is 221 g/mol. The number of anilines is 1. The Labute approximate surface area is 96.4 Å². The van der Waals surface area contributed by atoms with E-state index in [4.69, 9.17) is 4.74 Å². The zero-order valence-corrected chi connectivity index (χ0v) is 9.78. The van der Waals surface area contributed by atoms with Gasteiger partial charge in [-0.1, -0.05) is 6.92 Å². The summed E-state index contributed by atoms with van der Waals surface area (Å²) in [7, 11) is 0. The highest BCUT2D eigenvalue weighted by atomic mass is 16.5. The van der Waals surface area contributed by atoms with E-state index < -0.39 is 0 Å².